The number of aromatic nitrogens is 2. The Morgan fingerprint density at radius 2 is 2.04 bits per heavy atom. The van der Waals surface area contributed by atoms with E-state index in [1.807, 2.05) is 24.3 Å². The smallest absolute Gasteiger partial charge is 0.252 e. The van der Waals surface area contributed by atoms with E-state index in [4.69, 9.17) is 0 Å². The molecule has 2 aliphatic heterocycles. The minimum atomic E-state index is -0.255. The van der Waals surface area contributed by atoms with Gasteiger partial charge in [0.15, 0.2) is 0 Å². The first-order chi connectivity index (χ1) is 13.2. The van der Waals surface area contributed by atoms with E-state index in [1.54, 1.807) is 12.4 Å². The predicted molar refractivity (Wildman–Crippen MR) is 101 cm³/mol. The lowest BCUT2D eigenvalue weighted by Gasteiger charge is -2.16. The Morgan fingerprint density at radius 1 is 1.22 bits per heavy atom. The lowest BCUT2D eigenvalue weighted by Crippen LogP contribution is -2.30. The zero-order valence-electron chi connectivity index (χ0n) is 15.1. The molecule has 7 heteroatoms. The van der Waals surface area contributed by atoms with Crippen molar-refractivity contribution >= 4 is 17.6 Å². The van der Waals surface area contributed by atoms with Crippen molar-refractivity contribution in [2.24, 2.45) is 0 Å². The Balaban J connectivity index is 1.28. The van der Waals surface area contributed by atoms with Gasteiger partial charge in [-0.2, -0.15) is 0 Å². The molecule has 2 amide bonds. The average molecular weight is 365 g/mol. The molecule has 0 spiro atoms. The molecule has 1 atom stereocenters. The fourth-order valence-electron chi connectivity index (χ4n) is 3.71. The van der Waals surface area contributed by atoms with Gasteiger partial charge in [-0.05, 0) is 24.5 Å². The molecule has 0 bridgehead atoms. The topological polar surface area (TPSA) is 87.2 Å². The molecule has 2 aromatic rings. The fourth-order valence-corrected chi connectivity index (χ4v) is 3.71. The quantitative estimate of drug-likeness (QED) is 0.812. The van der Waals surface area contributed by atoms with Crippen LogP contribution in [0.3, 0.4) is 0 Å². The van der Waals surface area contributed by atoms with Gasteiger partial charge in [0.2, 0.25) is 5.91 Å². The summed E-state index contributed by atoms with van der Waals surface area (Å²) in [5, 5.41) is 5.80. The van der Waals surface area contributed by atoms with Gasteiger partial charge >= 0.3 is 0 Å². The molecule has 4 rings (SSSR count). The number of hydrogen-bond donors (Lipinski definition) is 2. The molecule has 1 saturated heterocycles. The van der Waals surface area contributed by atoms with Gasteiger partial charge in [-0.1, -0.05) is 18.2 Å². The summed E-state index contributed by atoms with van der Waals surface area (Å²) in [6.07, 6.45) is 4.90. The van der Waals surface area contributed by atoms with Crippen LogP contribution in [0, 0.1) is 0 Å². The largest absolute Gasteiger partial charge is 0.357 e. The standard InChI is InChI=1S/C20H23N5O2/c26-19(12-17-15-5-1-2-6-16(15)20(27)24-17)21-8-7-14-11-18(23-13-22-14)25-9-3-4-10-25/h1-2,5-6,11,13,17H,3-4,7-10,12H2,(H,21,26)(H,24,27)/t17-/m1/s1. The van der Waals surface area contributed by atoms with E-state index < -0.39 is 0 Å². The highest BCUT2D eigenvalue weighted by Gasteiger charge is 2.29. The molecule has 7 nitrogen and oxygen atoms in total. The van der Waals surface area contributed by atoms with E-state index in [2.05, 4.69) is 25.5 Å². The SMILES string of the molecule is O=C(C[C@H]1NC(=O)c2ccccc21)NCCc1cc(N2CCCC2)ncn1. The number of benzene rings is 1. The summed E-state index contributed by atoms with van der Waals surface area (Å²) in [5.41, 5.74) is 2.47. The van der Waals surface area contributed by atoms with Gasteiger partial charge < -0.3 is 15.5 Å². The molecule has 3 heterocycles. The Bertz CT molecular complexity index is 848. The van der Waals surface area contributed by atoms with Crippen molar-refractivity contribution in [3.8, 4) is 0 Å². The van der Waals surface area contributed by atoms with Crippen molar-refractivity contribution in [1.29, 1.82) is 0 Å². The summed E-state index contributed by atoms with van der Waals surface area (Å²) < 4.78 is 0. The second-order valence-electron chi connectivity index (χ2n) is 6.98. The van der Waals surface area contributed by atoms with E-state index in [-0.39, 0.29) is 24.3 Å². The second kappa shape index (κ2) is 7.73. The minimum absolute atomic E-state index is 0.0779. The van der Waals surface area contributed by atoms with Crippen LogP contribution in [0.15, 0.2) is 36.7 Å². The normalized spacial score (nSPS) is 18.3. The van der Waals surface area contributed by atoms with Crippen LogP contribution in [0.4, 0.5) is 5.82 Å². The third kappa shape index (κ3) is 3.92. The first-order valence-corrected chi connectivity index (χ1v) is 9.43. The summed E-state index contributed by atoms with van der Waals surface area (Å²) in [6.45, 7) is 2.60. The van der Waals surface area contributed by atoms with E-state index >= 15 is 0 Å². The van der Waals surface area contributed by atoms with Crippen LogP contribution in [0.5, 0.6) is 0 Å². The fraction of sp³-hybridized carbons (Fsp3) is 0.400. The minimum Gasteiger partial charge on any atom is -0.357 e. The van der Waals surface area contributed by atoms with E-state index in [0.717, 1.165) is 30.2 Å². The maximum absolute atomic E-state index is 12.3. The first-order valence-electron chi connectivity index (χ1n) is 9.43. The van der Waals surface area contributed by atoms with E-state index in [1.165, 1.54) is 12.8 Å². The molecule has 1 aromatic heterocycles. The Kier molecular flexibility index (Phi) is 5.00. The molecule has 2 N–H and O–H groups in total. The zero-order chi connectivity index (χ0) is 18.6. The first kappa shape index (κ1) is 17.5. The highest BCUT2D eigenvalue weighted by Crippen LogP contribution is 2.27. The number of amides is 2. The Labute approximate surface area is 158 Å². The number of fused-ring (bicyclic) bond motifs is 1. The van der Waals surface area contributed by atoms with Gasteiger partial charge in [0.25, 0.3) is 5.91 Å². The summed E-state index contributed by atoms with van der Waals surface area (Å²) in [6, 6.07) is 9.15. The molecular weight excluding hydrogens is 342 g/mol. The lowest BCUT2D eigenvalue weighted by molar-refractivity contribution is -0.121. The molecule has 0 radical (unpaired) electrons. The third-order valence-electron chi connectivity index (χ3n) is 5.12. The summed E-state index contributed by atoms with van der Waals surface area (Å²) in [5.74, 6) is 0.777. The highest BCUT2D eigenvalue weighted by atomic mass is 16.2. The summed E-state index contributed by atoms with van der Waals surface area (Å²) >= 11 is 0. The number of nitrogens with one attached hydrogen (secondary N) is 2. The van der Waals surface area contributed by atoms with E-state index in [0.29, 0.717) is 18.5 Å². The van der Waals surface area contributed by atoms with Crippen LogP contribution >= 0.6 is 0 Å². The monoisotopic (exact) mass is 365 g/mol. The molecule has 0 unspecified atom stereocenters. The van der Waals surface area contributed by atoms with Gasteiger partial charge in [0, 0.05) is 43.4 Å². The molecule has 27 heavy (non-hydrogen) atoms. The Morgan fingerprint density at radius 3 is 2.89 bits per heavy atom. The van der Waals surface area contributed by atoms with E-state index in [9.17, 15) is 9.59 Å². The molecule has 0 saturated carbocycles. The molecule has 2 aliphatic rings. The zero-order valence-corrected chi connectivity index (χ0v) is 15.1. The van der Waals surface area contributed by atoms with Gasteiger partial charge in [-0.15, -0.1) is 0 Å². The van der Waals surface area contributed by atoms with Crippen molar-refractivity contribution in [1.82, 2.24) is 20.6 Å². The van der Waals surface area contributed by atoms with Crippen LogP contribution in [-0.2, 0) is 11.2 Å². The number of nitrogens with zero attached hydrogens (tertiary/aromatic N) is 3. The van der Waals surface area contributed by atoms with Crippen LogP contribution in [0.25, 0.3) is 0 Å². The van der Waals surface area contributed by atoms with Crippen molar-refractivity contribution < 1.29 is 9.59 Å². The van der Waals surface area contributed by atoms with Gasteiger partial charge in [-0.3, -0.25) is 9.59 Å². The summed E-state index contributed by atoms with van der Waals surface area (Å²) in [4.78, 5) is 35.1. The predicted octanol–water partition coefficient (Wildman–Crippen LogP) is 1.61. The van der Waals surface area contributed by atoms with Crippen molar-refractivity contribution in [2.75, 3.05) is 24.5 Å². The van der Waals surface area contributed by atoms with Crippen molar-refractivity contribution in [3.63, 3.8) is 0 Å². The van der Waals surface area contributed by atoms with Gasteiger partial charge in [0.05, 0.1) is 12.5 Å². The number of carbonyl (C=O) groups excluding carboxylic acids is 2. The summed E-state index contributed by atoms with van der Waals surface area (Å²) in [7, 11) is 0. The van der Waals surface area contributed by atoms with Gasteiger partial charge in [0.1, 0.15) is 12.1 Å². The van der Waals surface area contributed by atoms with Crippen LogP contribution in [0.1, 0.15) is 46.9 Å². The lowest BCUT2D eigenvalue weighted by atomic mass is 10.0. The maximum atomic E-state index is 12.3. The third-order valence-corrected chi connectivity index (χ3v) is 5.12. The molecule has 140 valence electrons. The number of hydrogen-bond acceptors (Lipinski definition) is 5. The van der Waals surface area contributed by atoms with Crippen LogP contribution < -0.4 is 15.5 Å². The average Bonchev–Trinajstić information content (AvgIpc) is 3.32. The second-order valence-corrected chi connectivity index (χ2v) is 6.98. The Hall–Kier alpha value is -2.96. The van der Waals surface area contributed by atoms with Crippen molar-refractivity contribution in [3.05, 3.63) is 53.5 Å². The molecule has 0 aliphatic carbocycles. The number of rotatable bonds is 6. The molecular formula is C20H23N5O2. The van der Waals surface area contributed by atoms with Gasteiger partial charge in [-0.25, -0.2) is 9.97 Å². The highest BCUT2D eigenvalue weighted by molar-refractivity contribution is 5.99. The van der Waals surface area contributed by atoms with Crippen LogP contribution in [0.2, 0.25) is 0 Å². The maximum Gasteiger partial charge on any atom is 0.252 e. The van der Waals surface area contributed by atoms with Crippen LogP contribution in [-0.4, -0.2) is 41.4 Å². The number of anilines is 1. The molecule has 1 fully saturated rings. The molecule has 1 aromatic carbocycles. The van der Waals surface area contributed by atoms with Crippen molar-refractivity contribution in [2.45, 2.75) is 31.7 Å². The number of carbonyl (C=O) groups is 2.